The Morgan fingerprint density at radius 3 is 2.69 bits per heavy atom. The van der Waals surface area contributed by atoms with Gasteiger partial charge in [0.1, 0.15) is 28.9 Å². The van der Waals surface area contributed by atoms with Crippen LogP contribution >= 0.6 is 0 Å². The minimum absolute atomic E-state index is 0.109. The van der Waals surface area contributed by atoms with Crippen molar-refractivity contribution in [3.05, 3.63) is 70.8 Å². The lowest BCUT2D eigenvalue weighted by Crippen LogP contribution is -2.27. The molecule has 2 aromatic heterocycles. The molecule has 32 heavy (non-hydrogen) atoms. The summed E-state index contributed by atoms with van der Waals surface area (Å²) < 4.78 is 17.1. The Morgan fingerprint density at radius 1 is 1.12 bits per heavy atom. The van der Waals surface area contributed by atoms with Crippen LogP contribution in [0.3, 0.4) is 0 Å². The summed E-state index contributed by atoms with van der Waals surface area (Å²) in [4.78, 5) is 29.5. The molecule has 0 unspecified atom stereocenters. The molecule has 1 N–H and O–H groups in total. The summed E-state index contributed by atoms with van der Waals surface area (Å²) in [5.41, 5.74) is 1.87. The molecule has 9 heteroatoms. The zero-order chi connectivity index (χ0) is 22.5. The highest BCUT2D eigenvalue weighted by Gasteiger charge is 2.17. The molecule has 0 spiro atoms. The molecule has 0 radical (unpaired) electrons. The fourth-order valence-electron chi connectivity index (χ4n) is 3.33. The Balaban J connectivity index is 1.45. The number of ether oxygens (including phenoxy) is 2. The molecule has 0 fully saturated rings. The third kappa shape index (κ3) is 4.31. The Morgan fingerprint density at radius 2 is 1.94 bits per heavy atom. The minimum atomic E-state index is -0.306. The van der Waals surface area contributed by atoms with Crippen molar-refractivity contribution >= 4 is 17.0 Å². The van der Waals surface area contributed by atoms with E-state index in [9.17, 15) is 9.59 Å². The van der Waals surface area contributed by atoms with Gasteiger partial charge >= 0.3 is 0 Å². The third-order valence-electron chi connectivity index (χ3n) is 5.06. The summed E-state index contributed by atoms with van der Waals surface area (Å²) in [7, 11) is 3.14. The number of carbonyl (C=O) groups excluding carboxylic acids is 1. The summed E-state index contributed by atoms with van der Waals surface area (Å²) in [6.45, 7) is 0.467. The summed E-state index contributed by atoms with van der Waals surface area (Å²) >= 11 is 0. The molecule has 0 aliphatic rings. The van der Waals surface area contributed by atoms with Gasteiger partial charge in [-0.25, -0.2) is 4.98 Å². The molecule has 2 aromatic carbocycles. The van der Waals surface area contributed by atoms with E-state index in [2.05, 4.69) is 15.5 Å². The largest absolute Gasteiger partial charge is 0.497 e. The molecule has 4 rings (SSSR count). The summed E-state index contributed by atoms with van der Waals surface area (Å²) in [5, 5.41) is 7.14. The van der Waals surface area contributed by atoms with Gasteiger partial charge in [-0.1, -0.05) is 35.5 Å². The SMILES string of the molecule is COc1ccc(CNC(=O)CCn2cnc3onc(-c4ccccc4)c3c2=O)c(OC)c1. The topological polar surface area (TPSA) is 108 Å². The molecule has 2 heterocycles. The molecule has 1 amide bonds. The number of carbonyl (C=O) groups is 1. The number of rotatable bonds is 8. The highest BCUT2D eigenvalue weighted by atomic mass is 16.5. The van der Waals surface area contributed by atoms with Gasteiger partial charge in [-0.15, -0.1) is 0 Å². The molecule has 4 aromatic rings. The summed E-state index contributed by atoms with van der Waals surface area (Å²) in [6.07, 6.45) is 1.47. The van der Waals surface area contributed by atoms with E-state index in [-0.39, 0.29) is 30.1 Å². The highest BCUT2D eigenvalue weighted by molar-refractivity contribution is 5.88. The maximum absolute atomic E-state index is 13.0. The number of methoxy groups -OCH3 is 2. The van der Waals surface area contributed by atoms with Crippen LogP contribution in [0.15, 0.2) is 64.2 Å². The average molecular weight is 434 g/mol. The van der Waals surface area contributed by atoms with Crippen molar-refractivity contribution in [1.29, 1.82) is 0 Å². The van der Waals surface area contributed by atoms with E-state index in [1.54, 1.807) is 26.4 Å². The van der Waals surface area contributed by atoms with Crippen LogP contribution in [0, 0.1) is 0 Å². The molecule has 9 nitrogen and oxygen atoms in total. The van der Waals surface area contributed by atoms with Crippen molar-refractivity contribution in [2.24, 2.45) is 0 Å². The molecular formula is C23H22N4O5. The van der Waals surface area contributed by atoms with Crippen LogP contribution in [0.2, 0.25) is 0 Å². The Bertz CT molecular complexity index is 1300. The molecule has 0 aliphatic carbocycles. The van der Waals surface area contributed by atoms with Gasteiger partial charge in [0.05, 0.1) is 14.2 Å². The number of aromatic nitrogens is 3. The van der Waals surface area contributed by atoms with Crippen molar-refractivity contribution < 1.29 is 18.8 Å². The standard InChI is InChI=1S/C23H22N4O5/c1-30-17-9-8-16(18(12-17)31-2)13-24-19(28)10-11-27-14-25-22-20(23(27)29)21(26-32-22)15-6-4-3-5-7-15/h3-9,12,14H,10-11,13H2,1-2H3,(H,24,28). The van der Waals surface area contributed by atoms with Crippen LogP contribution in [0.1, 0.15) is 12.0 Å². The second-order valence-electron chi connectivity index (χ2n) is 7.02. The lowest BCUT2D eigenvalue weighted by atomic mass is 10.1. The number of hydrogen-bond acceptors (Lipinski definition) is 7. The van der Waals surface area contributed by atoms with E-state index in [1.165, 1.54) is 10.9 Å². The van der Waals surface area contributed by atoms with E-state index in [1.807, 2.05) is 36.4 Å². The quantitative estimate of drug-likeness (QED) is 0.454. The maximum atomic E-state index is 13.0. The normalized spacial score (nSPS) is 10.8. The van der Waals surface area contributed by atoms with Gasteiger partial charge in [0.25, 0.3) is 11.3 Å². The number of hydrogen-bond donors (Lipinski definition) is 1. The first kappa shape index (κ1) is 21.1. The second-order valence-corrected chi connectivity index (χ2v) is 7.02. The number of benzene rings is 2. The van der Waals surface area contributed by atoms with E-state index in [0.717, 1.165) is 11.1 Å². The maximum Gasteiger partial charge on any atom is 0.266 e. The van der Waals surface area contributed by atoms with Gasteiger partial charge in [0, 0.05) is 36.7 Å². The van der Waals surface area contributed by atoms with Gasteiger partial charge in [-0.2, -0.15) is 0 Å². The van der Waals surface area contributed by atoms with E-state index >= 15 is 0 Å². The van der Waals surface area contributed by atoms with Gasteiger partial charge in [0.2, 0.25) is 5.91 Å². The number of fused-ring (bicyclic) bond motifs is 1. The molecule has 0 atom stereocenters. The average Bonchev–Trinajstić information content (AvgIpc) is 3.27. The van der Waals surface area contributed by atoms with Crippen molar-refractivity contribution in [2.45, 2.75) is 19.5 Å². The summed E-state index contributed by atoms with van der Waals surface area (Å²) in [5.74, 6) is 1.09. The molecule has 164 valence electrons. The monoisotopic (exact) mass is 434 g/mol. The number of aryl methyl sites for hydroxylation is 1. The first-order valence-corrected chi connectivity index (χ1v) is 9.98. The van der Waals surface area contributed by atoms with Crippen LogP contribution in [-0.2, 0) is 17.9 Å². The van der Waals surface area contributed by atoms with Crippen molar-refractivity contribution in [1.82, 2.24) is 20.0 Å². The number of nitrogens with one attached hydrogen (secondary N) is 1. The lowest BCUT2D eigenvalue weighted by Gasteiger charge is -2.11. The number of amides is 1. The van der Waals surface area contributed by atoms with Gasteiger partial charge in [0.15, 0.2) is 0 Å². The predicted molar refractivity (Wildman–Crippen MR) is 118 cm³/mol. The first-order valence-electron chi connectivity index (χ1n) is 9.98. The fraction of sp³-hybridized carbons (Fsp3) is 0.217. The van der Waals surface area contributed by atoms with Crippen molar-refractivity contribution in [3.63, 3.8) is 0 Å². The molecule has 0 aliphatic heterocycles. The summed E-state index contributed by atoms with van der Waals surface area (Å²) in [6, 6.07) is 14.7. The van der Waals surface area contributed by atoms with Gasteiger partial charge < -0.3 is 19.3 Å². The minimum Gasteiger partial charge on any atom is -0.497 e. The Kier molecular flexibility index (Phi) is 6.16. The second kappa shape index (κ2) is 9.34. The Labute approximate surface area is 183 Å². The smallest absolute Gasteiger partial charge is 0.266 e. The predicted octanol–water partition coefficient (Wildman–Crippen LogP) is 2.78. The van der Waals surface area contributed by atoms with Gasteiger partial charge in [-0.05, 0) is 12.1 Å². The van der Waals surface area contributed by atoms with Crippen LogP contribution in [0.4, 0.5) is 0 Å². The molecular weight excluding hydrogens is 412 g/mol. The van der Waals surface area contributed by atoms with Gasteiger partial charge in [-0.3, -0.25) is 14.2 Å². The highest BCUT2D eigenvalue weighted by Crippen LogP contribution is 2.25. The molecule has 0 saturated heterocycles. The molecule has 0 saturated carbocycles. The van der Waals surface area contributed by atoms with E-state index in [0.29, 0.717) is 29.1 Å². The van der Waals surface area contributed by atoms with Crippen LogP contribution < -0.4 is 20.3 Å². The molecule has 0 bridgehead atoms. The first-order chi connectivity index (χ1) is 15.6. The van der Waals surface area contributed by atoms with Crippen LogP contribution in [0.25, 0.3) is 22.4 Å². The van der Waals surface area contributed by atoms with Crippen LogP contribution in [0.5, 0.6) is 11.5 Å². The Hall–Kier alpha value is -4.14. The van der Waals surface area contributed by atoms with E-state index < -0.39 is 0 Å². The fourth-order valence-corrected chi connectivity index (χ4v) is 3.33. The van der Waals surface area contributed by atoms with Crippen LogP contribution in [-0.4, -0.2) is 34.8 Å². The van der Waals surface area contributed by atoms with Crippen molar-refractivity contribution in [2.75, 3.05) is 14.2 Å². The van der Waals surface area contributed by atoms with Crippen molar-refractivity contribution in [3.8, 4) is 22.8 Å². The lowest BCUT2D eigenvalue weighted by molar-refractivity contribution is -0.121. The zero-order valence-electron chi connectivity index (χ0n) is 17.7. The number of nitrogens with zero attached hydrogens (tertiary/aromatic N) is 3. The van der Waals surface area contributed by atoms with E-state index in [4.69, 9.17) is 14.0 Å². The zero-order valence-corrected chi connectivity index (χ0v) is 17.7. The third-order valence-corrected chi connectivity index (χ3v) is 5.06.